The molecule has 20 heavy (non-hydrogen) atoms. The third kappa shape index (κ3) is 5.47. The molecule has 0 unspecified atom stereocenters. The summed E-state index contributed by atoms with van der Waals surface area (Å²) in [5, 5.41) is 3.36. The zero-order chi connectivity index (χ0) is 14.0. The van der Waals surface area contributed by atoms with E-state index >= 15 is 0 Å². The van der Waals surface area contributed by atoms with Gasteiger partial charge in [0.2, 0.25) is 0 Å². The predicted molar refractivity (Wildman–Crippen MR) is 76.6 cm³/mol. The van der Waals surface area contributed by atoms with E-state index in [0.717, 1.165) is 25.1 Å². The molecular weight excluding hydrogens is 255 g/mol. The highest BCUT2D eigenvalue weighted by atomic mass is 19.1. The molecule has 1 heterocycles. The topological polar surface area (TPSA) is 34.1 Å². The summed E-state index contributed by atoms with van der Waals surface area (Å²) in [7, 11) is 0. The number of halogens is 1. The van der Waals surface area contributed by atoms with Crippen molar-refractivity contribution in [3.8, 4) is 0 Å². The van der Waals surface area contributed by atoms with Crippen LogP contribution in [0.2, 0.25) is 0 Å². The number of nitrogens with one attached hydrogen (secondary N) is 1. The van der Waals surface area contributed by atoms with E-state index in [1.165, 1.54) is 17.8 Å². The SMILES string of the molecule is Fc1cncc(COCCCNCc2ccccc2)c1. The van der Waals surface area contributed by atoms with Crippen LogP contribution < -0.4 is 5.32 Å². The molecule has 1 aromatic heterocycles. The smallest absolute Gasteiger partial charge is 0.141 e. The molecule has 0 amide bonds. The Morgan fingerprint density at radius 3 is 2.75 bits per heavy atom. The Morgan fingerprint density at radius 1 is 1.10 bits per heavy atom. The summed E-state index contributed by atoms with van der Waals surface area (Å²) in [4.78, 5) is 3.78. The molecule has 0 fully saturated rings. The van der Waals surface area contributed by atoms with Crippen LogP contribution in [-0.2, 0) is 17.9 Å². The molecule has 4 heteroatoms. The number of ether oxygens (including phenoxy) is 1. The second-order valence-corrected chi connectivity index (χ2v) is 4.58. The lowest BCUT2D eigenvalue weighted by atomic mass is 10.2. The Hall–Kier alpha value is -1.78. The molecule has 0 saturated carbocycles. The van der Waals surface area contributed by atoms with Crippen molar-refractivity contribution in [1.82, 2.24) is 10.3 Å². The van der Waals surface area contributed by atoms with Gasteiger partial charge in [-0.25, -0.2) is 4.39 Å². The number of pyridine rings is 1. The monoisotopic (exact) mass is 274 g/mol. The quantitative estimate of drug-likeness (QED) is 0.752. The highest BCUT2D eigenvalue weighted by molar-refractivity contribution is 5.14. The highest BCUT2D eigenvalue weighted by Crippen LogP contribution is 2.02. The first-order chi connectivity index (χ1) is 9.84. The maximum Gasteiger partial charge on any atom is 0.141 e. The molecule has 2 aromatic rings. The number of benzene rings is 1. The molecular formula is C16H19FN2O. The Labute approximate surface area is 118 Å². The summed E-state index contributed by atoms with van der Waals surface area (Å²) in [5.74, 6) is -0.323. The average molecular weight is 274 g/mol. The highest BCUT2D eigenvalue weighted by Gasteiger charge is 1.96. The molecule has 1 aromatic carbocycles. The molecule has 0 spiro atoms. The van der Waals surface area contributed by atoms with Gasteiger partial charge in [-0.2, -0.15) is 0 Å². The van der Waals surface area contributed by atoms with Crippen molar-refractivity contribution in [1.29, 1.82) is 0 Å². The average Bonchev–Trinajstić information content (AvgIpc) is 2.47. The van der Waals surface area contributed by atoms with Crippen LogP contribution in [0.4, 0.5) is 4.39 Å². The van der Waals surface area contributed by atoms with Crippen LogP contribution in [0, 0.1) is 5.82 Å². The molecule has 106 valence electrons. The fourth-order valence-electron chi connectivity index (χ4n) is 1.85. The van der Waals surface area contributed by atoms with Crippen LogP contribution in [0.3, 0.4) is 0 Å². The largest absolute Gasteiger partial charge is 0.377 e. The van der Waals surface area contributed by atoms with Crippen molar-refractivity contribution in [2.45, 2.75) is 19.6 Å². The number of nitrogens with zero attached hydrogens (tertiary/aromatic N) is 1. The minimum absolute atomic E-state index is 0.323. The van der Waals surface area contributed by atoms with Gasteiger partial charge in [-0.1, -0.05) is 30.3 Å². The summed E-state index contributed by atoms with van der Waals surface area (Å²) in [6.45, 7) is 2.83. The van der Waals surface area contributed by atoms with Crippen LogP contribution in [0.5, 0.6) is 0 Å². The lowest BCUT2D eigenvalue weighted by Crippen LogP contribution is -2.16. The van der Waals surface area contributed by atoms with Crippen molar-refractivity contribution in [3.63, 3.8) is 0 Å². The van der Waals surface area contributed by atoms with Gasteiger partial charge in [-0.15, -0.1) is 0 Å². The van der Waals surface area contributed by atoms with E-state index in [1.807, 2.05) is 18.2 Å². The molecule has 0 aliphatic heterocycles. The van der Waals surface area contributed by atoms with Gasteiger partial charge < -0.3 is 10.1 Å². The Balaban J connectivity index is 1.52. The van der Waals surface area contributed by atoms with Gasteiger partial charge >= 0.3 is 0 Å². The molecule has 0 bridgehead atoms. The van der Waals surface area contributed by atoms with Crippen molar-refractivity contribution >= 4 is 0 Å². The fourth-order valence-corrected chi connectivity index (χ4v) is 1.85. The van der Waals surface area contributed by atoms with E-state index in [1.54, 1.807) is 6.20 Å². The number of hydrogen-bond acceptors (Lipinski definition) is 3. The van der Waals surface area contributed by atoms with Gasteiger partial charge in [0, 0.05) is 19.3 Å². The van der Waals surface area contributed by atoms with Gasteiger partial charge in [0.25, 0.3) is 0 Å². The zero-order valence-corrected chi connectivity index (χ0v) is 11.4. The van der Waals surface area contributed by atoms with E-state index in [-0.39, 0.29) is 5.82 Å². The molecule has 0 saturated heterocycles. The lowest BCUT2D eigenvalue weighted by molar-refractivity contribution is 0.118. The van der Waals surface area contributed by atoms with E-state index < -0.39 is 0 Å². The second kappa shape index (κ2) is 8.40. The first kappa shape index (κ1) is 14.6. The first-order valence-corrected chi connectivity index (χ1v) is 6.76. The van der Waals surface area contributed by atoms with E-state index in [4.69, 9.17) is 4.74 Å². The summed E-state index contributed by atoms with van der Waals surface area (Å²) in [6, 6.07) is 11.7. The Kier molecular flexibility index (Phi) is 6.14. The van der Waals surface area contributed by atoms with Crippen LogP contribution in [0.1, 0.15) is 17.5 Å². The third-order valence-electron chi connectivity index (χ3n) is 2.84. The number of aromatic nitrogens is 1. The van der Waals surface area contributed by atoms with Crippen molar-refractivity contribution in [3.05, 3.63) is 65.7 Å². The second-order valence-electron chi connectivity index (χ2n) is 4.58. The van der Waals surface area contributed by atoms with Crippen molar-refractivity contribution in [2.24, 2.45) is 0 Å². The summed E-state index contributed by atoms with van der Waals surface area (Å²) in [6.07, 6.45) is 3.74. The number of hydrogen-bond donors (Lipinski definition) is 1. The summed E-state index contributed by atoms with van der Waals surface area (Å²) >= 11 is 0. The summed E-state index contributed by atoms with van der Waals surface area (Å²) in [5.41, 5.74) is 2.04. The van der Waals surface area contributed by atoms with Gasteiger partial charge in [0.05, 0.1) is 12.8 Å². The lowest BCUT2D eigenvalue weighted by Gasteiger charge is -2.06. The molecule has 0 aliphatic rings. The zero-order valence-electron chi connectivity index (χ0n) is 11.4. The maximum absolute atomic E-state index is 12.9. The van der Waals surface area contributed by atoms with E-state index in [2.05, 4.69) is 22.4 Å². The van der Waals surface area contributed by atoms with Crippen molar-refractivity contribution in [2.75, 3.05) is 13.2 Å². The Morgan fingerprint density at radius 2 is 1.95 bits per heavy atom. The minimum Gasteiger partial charge on any atom is -0.377 e. The predicted octanol–water partition coefficient (Wildman–Crippen LogP) is 2.92. The van der Waals surface area contributed by atoms with Crippen molar-refractivity contribution < 1.29 is 9.13 Å². The van der Waals surface area contributed by atoms with E-state index in [0.29, 0.717) is 13.2 Å². The first-order valence-electron chi connectivity index (χ1n) is 6.76. The van der Waals surface area contributed by atoms with Gasteiger partial charge in [0.15, 0.2) is 0 Å². The molecule has 2 rings (SSSR count). The third-order valence-corrected chi connectivity index (χ3v) is 2.84. The maximum atomic E-state index is 12.9. The van der Waals surface area contributed by atoms with Gasteiger partial charge in [-0.3, -0.25) is 4.98 Å². The van der Waals surface area contributed by atoms with Crippen LogP contribution in [-0.4, -0.2) is 18.1 Å². The summed E-state index contributed by atoms with van der Waals surface area (Å²) < 4.78 is 18.4. The minimum atomic E-state index is -0.323. The van der Waals surface area contributed by atoms with Gasteiger partial charge in [0.1, 0.15) is 5.82 Å². The molecule has 3 nitrogen and oxygen atoms in total. The number of rotatable bonds is 8. The van der Waals surface area contributed by atoms with Gasteiger partial charge in [-0.05, 0) is 30.2 Å². The Bertz CT molecular complexity index is 505. The molecule has 0 atom stereocenters. The van der Waals surface area contributed by atoms with E-state index in [9.17, 15) is 4.39 Å². The van der Waals surface area contributed by atoms with Crippen LogP contribution in [0.15, 0.2) is 48.8 Å². The fraction of sp³-hybridized carbons (Fsp3) is 0.312. The molecule has 0 aliphatic carbocycles. The van der Waals surface area contributed by atoms with Crippen LogP contribution >= 0.6 is 0 Å². The molecule has 1 N–H and O–H groups in total. The normalized spacial score (nSPS) is 10.7. The standard InChI is InChI=1S/C16H19FN2O/c17-16-9-15(11-19-12-16)13-20-8-4-7-18-10-14-5-2-1-3-6-14/h1-3,5-6,9,11-12,18H,4,7-8,10,13H2. The molecule has 0 radical (unpaired) electrons. The van der Waals surface area contributed by atoms with Crippen LogP contribution in [0.25, 0.3) is 0 Å².